The van der Waals surface area contributed by atoms with Gasteiger partial charge in [-0.1, -0.05) is 18.2 Å². The maximum atomic E-state index is 4.38. The molecule has 2 rings (SSSR count). The molecule has 19 heavy (non-hydrogen) atoms. The average molecular weight is 254 g/mol. The van der Waals surface area contributed by atoms with Crippen LogP contribution in [-0.2, 0) is 0 Å². The number of rotatable bonds is 5. The Hall–Kier alpha value is -2.36. The molecule has 0 saturated carbocycles. The summed E-state index contributed by atoms with van der Waals surface area (Å²) in [4.78, 5) is 8.70. The van der Waals surface area contributed by atoms with Crippen molar-refractivity contribution in [2.24, 2.45) is 0 Å². The maximum absolute atomic E-state index is 4.38. The van der Waals surface area contributed by atoms with Crippen molar-refractivity contribution < 1.29 is 0 Å². The molecule has 0 radical (unpaired) electrons. The van der Waals surface area contributed by atoms with E-state index >= 15 is 0 Å². The largest absolute Gasteiger partial charge is 0.366 e. The zero-order valence-corrected chi connectivity index (χ0v) is 11.3. The van der Waals surface area contributed by atoms with E-state index in [9.17, 15) is 0 Å². The highest BCUT2D eigenvalue weighted by atomic mass is 15.1. The first-order chi connectivity index (χ1) is 9.17. The summed E-state index contributed by atoms with van der Waals surface area (Å²) in [6.45, 7) is 8.30. The van der Waals surface area contributed by atoms with Crippen molar-refractivity contribution in [3.05, 3.63) is 54.4 Å². The lowest BCUT2D eigenvalue weighted by molar-refractivity contribution is 1.05. The summed E-state index contributed by atoms with van der Waals surface area (Å²) < 4.78 is 0. The molecule has 0 atom stereocenters. The minimum atomic E-state index is 0.681. The Bertz CT molecular complexity index is 578. The van der Waals surface area contributed by atoms with Gasteiger partial charge in [0.05, 0.1) is 0 Å². The SMILES string of the molecule is C=CCNc1cc(Nc2cccc(C)c2)nc(C)n1. The fourth-order valence-electron chi connectivity index (χ4n) is 1.77. The first-order valence-corrected chi connectivity index (χ1v) is 6.21. The average Bonchev–Trinajstić information content (AvgIpc) is 2.35. The number of hydrogen-bond donors (Lipinski definition) is 2. The highest BCUT2D eigenvalue weighted by Crippen LogP contribution is 2.18. The molecule has 1 aromatic heterocycles. The summed E-state index contributed by atoms with van der Waals surface area (Å²) >= 11 is 0. The number of nitrogens with one attached hydrogen (secondary N) is 2. The minimum absolute atomic E-state index is 0.681. The van der Waals surface area contributed by atoms with Gasteiger partial charge in [0.2, 0.25) is 0 Å². The molecular weight excluding hydrogens is 236 g/mol. The van der Waals surface area contributed by atoms with E-state index in [1.807, 2.05) is 25.1 Å². The Morgan fingerprint density at radius 3 is 2.68 bits per heavy atom. The smallest absolute Gasteiger partial charge is 0.136 e. The Balaban J connectivity index is 2.19. The third-order valence-corrected chi connectivity index (χ3v) is 2.56. The molecular formula is C15H18N4. The van der Waals surface area contributed by atoms with Gasteiger partial charge in [0.25, 0.3) is 0 Å². The normalized spacial score (nSPS) is 10.0. The molecule has 1 aromatic carbocycles. The Morgan fingerprint density at radius 2 is 1.95 bits per heavy atom. The van der Waals surface area contributed by atoms with Gasteiger partial charge < -0.3 is 10.6 Å². The maximum Gasteiger partial charge on any atom is 0.136 e. The molecule has 0 unspecified atom stereocenters. The molecule has 0 saturated heterocycles. The lowest BCUT2D eigenvalue weighted by Gasteiger charge is -2.09. The van der Waals surface area contributed by atoms with E-state index in [2.05, 4.69) is 46.2 Å². The molecule has 4 nitrogen and oxygen atoms in total. The van der Waals surface area contributed by atoms with Crippen molar-refractivity contribution >= 4 is 17.3 Å². The number of benzene rings is 1. The molecule has 0 spiro atoms. The topological polar surface area (TPSA) is 49.8 Å². The molecule has 0 fully saturated rings. The van der Waals surface area contributed by atoms with Gasteiger partial charge in [-0.05, 0) is 31.5 Å². The van der Waals surface area contributed by atoms with Crippen molar-refractivity contribution in [3.8, 4) is 0 Å². The number of aryl methyl sites for hydroxylation is 2. The van der Waals surface area contributed by atoms with Gasteiger partial charge in [-0.2, -0.15) is 0 Å². The van der Waals surface area contributed by atoms with E-state index in [1.165, 1.54) is 5.56 Å². The van der Waals surface area contributed by atoms with E-state index in [1.54, 1.807) is 6.08 Å². The van der Waals surface area contributed by atoms with Gasteiger partial charge in [0.1, 0.15) is 17.5 Å². The first kappa shape index (κ1) is 13.1. The molecule has 2 N–H and O–H groups in total. The van der Waals surface area contributed by atoms with Crippen molar-refractivity contribution in [3.63, 3.8) is 0 Å². The minimum Gasteiger partial charge on any atom is -0.366 e. The molecule has 98 valence electrons. The molecule has 0 amide bonds. The molecule has 4 heteroatoms. The summed E-state index contributed by atoms with van der Waals surface area (Å²) in [5.74, 6) is 2.30. The van der Waals surface area contributed by atoms with Crippen LogP contribution in [0.25, 0.3) is 0 Å². The fraction of sp³-hybridized carbons (Fsp3) is 0.200. The predicted octanol–water partition coefficient (Wildman–Crippen LogP) is 3.43. The fourth-order valence-corrected chi connectivity index (χ4v) is 1.77. The van der Waals surface area contributed by atoms with Crippen molar-refractivity contribution in [1.29, 1.82) is 0 Å². The van der Waals surface area contributed by atoms with Gasteiger partial charge in [0.15, 0.2) is 0 Å². The Labute approximate surface area is 113 Å². The van der Waals surface area contributed by atoms with E-state index < -0.39 is 0 Å². The standard InChI is InChI=1S/C15H18N4/c1-4-8-16-14-10-15(18-12(3)17-14)19-13-7-5-6-11(2)9-13/h4-7,9-10H,1,8H2,2-3H3,(H2,16,17,18,19). The second-order valence-electron chi connectivity index (χ2n) is 4.35. The quantitative estimate of drug-likeness (QED) is 0.802. The van der Waals surface area contributed by atoms with Gasteiger partial charge in [-0.3, -0.25) is 0 Å². The van der Waals surface area contributed by atoms with Crippen molar-refractivity contribution in [2.75, 3.05) is 17.2 Å². The van der Waals surface area contributed by atoms with Crippen molar-refractivity contribution in [2.45, 2.75) is 13.8 Å². The zero-order valence-electron chi connectivity index (χ0n) is 11.3. The Kier molecular flexibility index (Phi) is 4.13. The van der Waals surface area contributed by atoms with Crippen LogP contribution in [0.1, 0.15) is 11.4 Å². The van der Waals surface area contributed by atoms with E-state index in [0.717, 1.165) is 23.1 Å². The summed E-state index contributed by atoms with van der Waals surface area (Å²) in [7, 11) is 0. The van der Waals surface area contributed by atoms with Gasteiger partial charge in [0, 0.05) is 18.3 Å². The van der Waals surface area contributed by atoms with E-state index in [-0.39, 0.29) is 0 Å². The molecule has 0 bridgehead atoms. The van der Waals surface area contributed by atoms with Gasteiger partial charge in [-0.15, -0.1) is 6.58 Å². The van der Waals surface area contributed by atoms with E-state index in [0.29, 0.717) is 6.54 Å². The Morgan fingerprint density at radius 1 is 1.16 bits per heavy atom. The monoisotopic (exact) mass is 254 g/mol. The first-order valence-electron chi connectivity index (χ1n) is 6.21. The number of hydrogen-bond acceptors (Lipinski definition) is 4. The third-order valence-electron chi connectivity index (χ3n) is 2.56. The van der Waals surface area contributed by atoms with Crippen LogP contribution < -0.4 is 10.6 Å². The number of nitrogens with zero attached hydrogens (tertiary/aromatic N) is 2. The van der Waals surface area contributed by atoms with Crippen LogP contribution >= 0.6 is 0 Å². The molecule has 0 aliphatic heterocycles. The highest BCUT2D eigenvalue weighted by Gasteiger charge is 2.02. The zero-order chi connectivity index (χ0) is 13.7. The third kappa shape index (κ3) is 3.81. The summed E-state index contributed by atoms with van der Waals surface area (Å²) in [5, 5.41) is 6.45. The van der Waals surface area contributed by atoms with Crippen molar-refractivity contribution in [1.82, 2.24) is 9.97 Å². The van der Waals surface area contributed by atoms with Crippen LogP contribution in [0.2, 0.25) is 0 Å². The molecule has 0 aliphatic carbocycles. The van der Waals surface area contributed by atoms with Crippen LogP contribution in [0.4, 0.5) is 17.3 Å². The van der Waals surface area contributed by atoms with Crippen LogP contribution in [-0.4, -0.2) is 16.5 Å². The van der Waals surface area contributed by atoms with Crippen LogP contribution in [0.5, 0.6) is 0 Å². The highest BCUT2D eigenvalue weighted by molar-refractivity contribution is 5.59. The summed E-state index contributed by atoms with van der Waals surface area (Å²) in [6, 6.07) is 10.1. The predicted molar refractivity (Wildman–Crippen MR) is 79.9 cm³/mol. The molecule has 2 aromatic rings. The van der Waals surface area contributed by atoms with Crippen LogP contribution in [0, 0.1) is 13.8 Å². The number of anilines is 3. The lowest BCUT2D eigenvalue weighted by Crippen LogP contribution is -2.04. The van der Waals surface area contributed by atoms with Crippen LogP contribution in [0.3, 0.4) is 0 Å². The lowest BCUT2D eigenvalue weighted by atomic mass is 10.2. The summed E-state index contributed by atoms with van der Waals surface area (Å²) in [5.41, 5.74) is 2.23. The second-order valence-corrected chi connectivity index (χ2v) is 4.35. The molecule has 1 heterocycles. The van der Waals surface area contributed by atoms with Gasteiger partial charge >= 0.3 is 0 Å². The summed E-state index contributed by atoms with van der Waals surface area (Å²) in [6.07, 6.45) is 1.80. The number of aromatic nitrogens is 2. The van der Waals surface area contributed by atoms with E-state index in [4.69, 9.17) is 0 Å². The second kappa shape index (κ2) is 6.00. The van der Waals surface area contributed by atoms with Gasteiger partial charge in [-0.25, -0.2) is 9.97 Å². The van der Waals surface area contributed by atoms with Crippen LogP contribution in [0.15, 0.2) is 43.0 Å². The molecule has 0 aliphatic rings.